The summed E-state index contributed by atoms with van der Waals surface area (Å²) in [4.78, 5) is 7.36. The second kappa shape index (κ2) is 8.35. The molecule has 1 fully saturated rings. The molecule has 0 unspecified atom stereocenters. The maximum Gasteiger partial charge on any atom is 0.0730 e. The first kappa shape index (κ1) is 19.8. The summed E-state index contributed by atoms with van der Waals surface area (Å²) in [5.74, 6) is 0. The second-order valence-corrected chi connectivity index (χ2v) is 6.71. The van der Waals surface area contributed by atoms with E-state index in [4.69, 9.17) is 9.72 Å². The number of anilines is 1. The number of benzene rings is 3. The summed E-state index contributed by atoms with van der Waals surface area (Å²) in [6, 6.07) is 25.7. The number of ether oxygens (including phenoxy) is 1. The average Bonchev–Trinajstić information content (AvgIpc) is 2.73. The van der Waals surface area contributed by atoms with Gasteiger partial charge in [0, 0.05) is 29.7 Å². The Morgan fingerprint density at radius 3 is 2.29 bits per heavy atom. The van der Waals surface area contributed by atoms with Gasteiger partial charge in [-0.1, -0.05) is 54.6 Å². The Labute approximate surface area is 163 Å². The quantitative estimate of drug-likeness (QED) is 0.538. The van der Waals surface area contributed by atoms with Crippen LogP contribution in [0.5, 0.6) is 0 Å². The van der Waals surface area contributed by atoms with Crippen LogP contribution in [0.25, 0.3) is 32.9 Å². The Morgan fingerprint density at radius 1 is 0.750 bits per heavy atom. The summed E-state index contributed by atoms with van der Waals surface area (Å²) in [7, 11) is 0. The molecule has 1 aromatic heterocycles. The first-order valence-electron chi connectivity index (χ1n) is 9.10. The molecule has 1 aliphatic rings. The van der Waals surface area contributed by atoms with Crippen LogP contribution in [0.4, 0.5) is 5.69 Å². The van der Waals surface area contributed by atoms with Gasteiger partial charge in [-0.3, -0.25) is 0 Å². The van der Waals surface area contributed by atoms with Crippen molar-refractivity contribution in [3.05, 3.63) is 72.8 Å². The summed E-state index contributed by atoms with van der Waals surface area (Å²) in [6.07, 6.45) is 0. The third-order valence-corrected chi connectivity index (χ3v) is 5.09. The van der Waals surface area contributed by atoms with Gasteiger partial charge in [0.1, 0.15) is 0 Å². The van der Waals surface area contributed by atoms with Gasteiger partial charge in [-0.2, -0.15) is 0 Å². The second-order valence-electron chi connectivity index (χ2n) is 6.71. The third kappa shape index (κ3) is 3.55. The molecule has 0 aliphatic carbocycles. The molecule has 1 saturated heterocycles. The molecule has 0 radical (unpaired) electrons. The fraction of sp³-hybridized carbons (Fsp3) is 0.174. The smallest absolute Gasteiger partial charge is 0.0730 e. The number of fused-ring (bicyclic) bond motifs is 2. The lowest BCUT2D eigenvalue weighted by atomic mass is 10.0. The number of hydrogen-bond donors (Lipinski definition) is 0. The van der Waals surface area contributed by atoms with Crippen LogP contribution in [0.1, 0.15) is 0 Å². The summed E-state index contributed by atoms with van der Waals surface area (Å²) < 4.78 is 5.54. The topological polar surface area (TPSA) is 88.4 Å². The normalized spacial score (nSPS) is 13.8. The fourth-order valence-electron chi connectivity index (χ4n) is 3.72. The van der Waals surface area contributed by atoms with Crippen molar-refractivity contribution in [3.63, 3.8) is 0 Å². The van der Waals surface area contributed by atoms with E-state index in [1.54, 1.807) is 0 Å². The average molecular weight is 376 g/mol. The zero-order valence-electron chi connectivity index (χ0n) is 15.6. The van der Waals surface area contributed by atoms with Crippen molar-refractivity contribution in [2.75, 3.05) is 31.2 Å². The Kier molecular flexibility index (Phi) is 5.90. The van der Waals surface area contributed by atoms with E-state index in [9.17, 15) is 0 Å². The van der Waals surface area contributed by atoms with Gasteiger partial charge in [0.15, 0.2) is 0 Å². The minimum absolute atomic E-state index is 0. The van der Waals surface area contributed by atoms with Crippen molar-refractivity contribution in [3.8, 4) is 11.3 Å². The third-order valence-electron chi connectivity index (χ3n) is 5.09. The molecule has 3 aromatic carbocycles. The molecule has 0 saturated carbocycles. The summed E-state index contributed by atoms with van der Waals surface area (Å²) in [5, 5.41) is 3.71. The van der Waals surface area contributed by atoms with E-state index in [-0.39, 0.29) is 11.0 Å². The van der Waals surface area contributed by atoms with E-state index in [1.165, 1.54) is 21.8 Å². The number of aromatic nitrogens is 1. The lowest BCUT2D eigenvalue weighted by Crippen LogP contribution is -2.36. The van der Waals surface area contributed by atoms with Gasteiger partial charge in [0.25, 0.3) is 0 Å². The largest absolute Gasteiger partial charge is 0.412 e. The maximum atomic E-state index is 5.54. The molecule has 4 aromatic rings. The number of nitrogens with zero attached hydrogens (tertiary/aromatic N) is 2. The van der Waals surface area contributed by atoms with Crippen molar-refractivity contribution < 1.29 is 15.7 Å². The van der Waals surface area contributed by atoms with Crippen LogP contribution in [0.3, 0.4) is 0 Å². The maximum absolute atomic E-state index is 5.54. The van der Waals surface area contributed by atoms with E-state index in [1.807, 2.05) is 0 Å². The van der Waals surface area contributed by atoms with E-state index in [0.29, 0.717) is 0 Å². The van der Waals surface area contributed by atoms with Crippen LogP contribution in [0.15, 0.2) is 72.8 Å². The highest BCUT2D eigenvalue weighted by atomic mass is 16.5. The van der Waals surface area contributed by atoms with E-state index < -0.39 is 0 Å². The van der Waals surface area contributed by atoms with Crippen molar-refractivity contribution in [1.29, 1.82) is 0 Å². The van der Waals surface area contributed by atoms with Crippen molar-refractivity contribution >= 4 is 27.4 Å². The van der Waals surface area contributed by atoms with E-state index in [0.717, 1.165) is 43.1 Å². The summed E-state index contributed by atoms with van der Waals surface area (Å²) in [5.41, 5.74) is 4.47. The Bertz CT molecular complexity index is 1090. The number of hydrogen-bond acceptors (Lipinski definition) is 3. The highest BCUT2D eigenvalue weighted by Crippen LogP contribution is 2.32. The Hall–Kier alpha value is -2.99. The Balaban J connectivity index is 0.00000112. The first-order valence-corrected chi connectivity index (χ1v) is 9.10. The van der Waals surface area contributed by atoms with Crippen molar-refractivity contribution in [2.45, 2.75) is 0 Å². The van der Waals surface area contributed by atoms with Crippen LogP contribution in [0, 0.1) is 0 Å². The van der Waals surface area contributed by atoms with E-state index >= 15 is 0 Å². The van der Waals surface area contributed by atoms with Crippen LogP contribution in [0.2, 0.25) is 0 Å². The van der Waals surface area contributed by atoms with Gasteiger partial charge in [0.2, 0.25) is 0 Å². The molecule has 5 rings (SSSR count). The molecule has 5 nitrogen and oxygen atoms in total. The lowest BCUT2D eigenvalue weighted by molar-refractivity contribution is 0.123. The number of para-hydroxylation sites is 1. The standard InChI is InChI=1S/C23H20N2O.2H2O/c1-2-6-18-15-19(10-9-17(18)5-1)22-16-23(25-11-13-26-14-12-25)20-7-3-4-8-21(20)24-22;;/h1-10,15-16H,11-14H2;2*1H2. The number of rotatable bonds is 2. The molecule has 2 heterocycles. The molecule has 28 heavy (non-hydrogen) atoms. The molecule has 0 bridgehead atoms. The van der Waals surface area contributed by atoms with Crippen molar-refractivity contribution in [1.82, 2.24) is 4.98 Å². The van der Waals surface area contributed by atoms with Gasteiger partial charge in [-0.25, -0.2) is 4.98 Å². The van der Waals surface area contributed by atoms with Crippen LogP contribution < -0.4 is 4.90 Å². The SMILES string of the molecule is O.O.c1ccc2cc(-c3cc(N4CCOCC4)c4ccccc4n3)ccc2c1. The monoisotopic (exact) mass is 376 g/mol. The molecular weight excluding hydrogens is 352 g/mol. The van der Waals surface area contributed by atoms with Gasteiger partial charge >= 0.3 is 0 Å². The zero-order chi connectivity index (χ0) is 17.3. The first-order chi connectivity index (χ1) is 12.9. The van der Waals surface area contributed by atoms with Crippen LogP contribution >= 0.6 is 0 Å². The lowest BCUT2D eigenvalue weighted by Gasteiger charge is -2.30. The predicted octanol–water partition coefficient (Wildman–Crippen LogP) is 3.24. The number of morpholine rings is 1. The minimum atomic E-state index is 0. The summed E-state index contributed by atoms with van der Waals surface area (Å²) >= 11 is 0. The zero-order valence-corrected chi connectivity index (χ0v) is 15.6. The van der Waals surface area contributed by atoms with Crippen LogP contribution in [-0.2, 0) is 4.74 Å². The fourth-order valence-corrected chi connectivity index (χ4v) is 3.72. The molecule has 0 amide bonds. The van der Waals surface area contributed by atoms with Gasteiger partial charge in [-0.05, 0) is 29.0 Å². The molecule has 4 N–H and O–H groups in total. The summed E-state index contributed by atoms with van der Waals surface area (Å²) in [6.45, 7) is 3.40. The molecule has 5 heteroatoms. The molecule has 144 valence electrons. The van der Waals surface area contributed by atoms with Gasteiger partial charge < -0.3 is 20.6 Å². The van der Waals surface area contributed by atoms with E-state index in [2.05, 4.69) is 77.7 Å². The molecule has 0 atom stereocenters. The van der Waals surface area contributed by atoms with Crippen molar-refractivity contribution in [2.24, 2.45) is 0 Å². The highest BCUT2D eigenvalue weighted by molar-refractivity contribution is 5.95. The highest BCUT2D eigenvalue weighted by Gasteiger charge is 2.16. The molecule has 0 spiro atoms. The van der Waals surface area contributed by atoms with Crippen LogP contribution in [-0.4, -0.2) is 42.2 Å². The predicted molar refractivity (Wildman–Crippen MR) is 115 cm³/mol. The van der Waals surface area contributed by atoms with Gasteiger partial charge in [-0.15, -0.1) is 0 Å². The Morgan fingerprint density at radius 2 is 1.46 bits per heavy atom. The molecular formula is C23H24N2O3. The molecule has 1 aliphatic heterocycles. The number of pyridine rings is 1. The minimum Gasteiger partial charge on any atom is -0.412 e. The van der Waals surface area contributed by atoms with Gasteiger partial charge in [0.05, 0.1) is 24.4 Å².